The first-order valence-electron chi connectivity index (χ1n) is 19.8. The molecule has 0 spiro atoms. The minimum atomic E-state index is -0.689. The number of ether oxygens (including phenoxy) is 3. The predicted molar refractivity (Wildman–Crippen MR) is 211 cm³/mol. The number of hydrogen-bond acceptors (Lipinski definition) is 9. The Bertz CT molecular complexity index is 2020. The zero-order chi connectivity index (χ0) is 40.1. The number of aromatic amines is 2. The van der Waals surface area contributed by atoms with Crippen molar-refractivity contribution in [1.82, 2.24) is 40.4 Å². The number of benzene rings is 2. The van der Waals surface area contributed by atoms with Gasteiger partial charge in [-0.2, -0.15) is 0 Å². The van der Waals surface area contributed by atoms with Gasteiger partial charge in [0.25, 0.3) is 0 Å². The van der Waals surface area contributed by atoms with Crippen molar-refractivity contribution in [1.29, 1.82) is 0 Å². The van der Waals surface area contributed by atoms with Crippen molar-refractivity contribution in [2.24, 2.45) is 11.8 Å². The maximum Gasteiger partial charge on any atom is 0.407 e. The number of nitrogens with zero attached hydrogens (tertiary/aromatic N) is 4. The van der Waals surface area contributed by atoms with Crippen LogP contribution in [0.1, 0.15) is 76.1 Å². The molecule has 0 aliphatic carbocycles. The quantitative estimate of drug-likeness (QED) is 0.142. The molecule has 2 aromatic carbocycles. The van der Waals surface area contributed by atoms with Crippen LogP contribution in [0.25, 0.3) is 33.6 Å². The third-order valence-electron chi connectivity index (χ3n) is 11.5. The van der Waals surface area contributed by atoms with Crippen molar-refractivity contribution in [3.05, 3.63) is 72.6 Å². The van der Waals surface area contributed by atoms with Crippen LogP contribution >= 0.6 is 0 Å². The molecule has 4 amide bonds. The number of carbonyl (C=O) groups is 4. The molecule has 302 valence electrons. The summed E-state index contributed by atoms with van der Waals surface area (Å²) in [5.41, 5.74) is 5.78. The number of imidazole rings is 2. The van der Waals surface area contributed by atoms with Crippen LogP contribution in [0.4, 0.5) is 9.59 Å². The first kappa shape index (κ1) is 39.5. The third kappa shape index (κ3) is 8.68. The zero-order valence-corrected chi connectivity index (χ0v) is 33.0. The van der Waals surface area contributed by atoms with E-state index < -0.39 is 24.3 Å². The lowest BCUT2D eigenvalue weighted by molar-refractivity contribution is -0.137. The fourth-order valence-corrected chi connectivity index (χ4v) is 8.29. The number of alkyl carbamates (subject to hydrolysis) is 2. The number of rotatable bonds is 11. The molecule has 4 N–H and O–H groups in total. The molecule has 3 saturated heterocycles. The second-order valence-corrected chi connectivity index (χ2v) is 15.3. The number of carbonyl (C=O) groups excluding carboxylic acids is 4. The fourth-order valence-electron chi connectivity index (χ4n) is 8.29. The summed E-state index contributed by atoms with van der Waals surface area (Å²) in [5.74, 6) is 1.06. The summed E-state index contributed by atoms with van der Waals surface area (Å²) in [6, 6.07) is 14.7. The monoisotopic (exact) mass is 780 g/mol. The Hall–Kier alpha value is -5.70. The van der Waals surface area contributed by atoms with Gasteiger partial charge < -0.3 is 44.6 Å². The largest absolute Gasteiger partial charge is 0.453 e. The van der Waals surface area contributed by atoms with Crippen molar-refractivity contribution in [3.8, 4) is 33.6 Å². The summed E-state index contributed by atoms with van der Waals surface area (Å²) in [6.07, 6.45) is 7.01. The van der Waals surface area contributed by atoms with Gasteiger partial charge in [-0.1, -0.05) is 62.4 Å². The molecule has 2 aromatic heterocycles. The van der Waals surface area contributed by atoms with Crippen molar-refractivity contribution >= 4 is 24.0 Å². The van der Waals surface area contributed by atoms with Gasteiger partial charge in [0.05, 0.1) is 50.1 Å². The Kier molecular flexibility index (Phi) is 12.2. The molecule has 0 radical (unpaired) electrons. The minimum absolute atomic E-state index is 0.0266. The van der Waals surface area contributed by atoms with Gasteiger partial charge in [-0.15, -0.1) is 0 Å². The van der Waals surface area contributed by atoms with Crippen molar-refractivity contribution in [2.75, 3.05) is 40.5 Å². The first-order chi connectivity index (χ1) is 27.6. The highest BCUT2D eigenvalue weighted by Crippen LogP contribution is 2.35. The van der Waals surface area contributed by atoms with E-state index in [4.69, 9.17) is 19.2 Å². The van der Waals surface area contributed by atoms with Crippen LogP contribution in [0, 0.1) is 11.8 Å². The van der Waals surface area contributed by atoms with Gasteiger partial charge in [-0.3, -0.25) is 9.59 Å². The molecule has 15 nitrogen and oxygen atoms in total. The molecule has 15 heteroatoms. The van der Waals surface area contributed by atoms with Crippen molar-refractivity contribution < 1.29 is 33.4 Å². The van der Waals surface area contributed by atoms with Crippen molar-refractivity contribution in [3.63, 3.8) is 0 Å². The van der Waals surface area contributed by atoms with Gasteiger partial charge in [0, 0.05) is 26.3 Å². The molecule has 0 saturated carbocycles. The fraction of sp³-hybridized carbons (Fsp3) is 0.476. The third-order valence-corrected chi connectivity index (χ3v) is 11.5. The SMILES string of the molecule is COC(=O)N[C@H](C(=O)N1CCCC1c1ncc(-c2ccc(-c3ccc(-c4cnc([C@@H]5CCCN5C(=O)[C@@H](NC(=O)OC)C5CCOCC5)[nH]4)cc3)cc2)[nH]1)C(C)C. The predicted octanol–water partition coefficient (Wildman–Crippen LogP) is 5.99. The van der Waals surface area contributed by atoms with E-state index in [2.05, 4.69) is 74.1 Å². The molecule has 1 unspecified atom stereocenters. The van der Waals surface area contributed by atoms with E-state index in [1.807, 2.05) is 24.9 Å². The molecule has 4 atom stereocenters. The molecule has 3 aliphatic heterocycles. The Balaban J connectivity index is 0.999. The summed E-state index contributed by atoms with van der Waals surface area (Å²) in [5, 5.41) is 5.50. The number of nitrogens with one attached hydrogen (secondary N) is 4. The Labute approximate surface area is 332 Å². The van der Waals surface area contributed by atoms with E-state index in [9.17, 15) is 19.2 Å². The van der Waals surface area contributed by atoms with Crippen LogP contribution in [0.15, 0.2) is 60.9 Å². The number of H-pyrrole nitrogens is 2. The van der Waals surface area contributed by atoms with Gasteiger partial charge in [-0.05, 0) is 72.6 Å². The second kappa shape index (κ2) is 17.6. The van der Waals surface area contributed by atoms with Crippen LogP contribution in [0.2, 0.25) is 0 Å². The zero-order valence-electron chi connectivity index (χ0n) is 33.0. The maximum atomic E-state index is 13.9. The number of hydrogen-bond donors (Lipinski definition) is 4. The summed E-state index contributed by atoms with van der Waals surface area (Å²) >= 11 is 0. The normalized spacial score (nSPS) is 19.7. The number of likely N-dealkylation sites (tertiary alicyclic amines) is 2. The summed E-state index contributed by atoms with van der Waals surface area (Å²) in [4.78, 5) is 71.6. The minimum Gasteiger partial charge on any atom is -0.453 e. The molecule has 7 rings (SSSR count). The van der Waals surface area contributed by atoms with Crippen LogP contribution in [-0.2, 0) is 23.8 Å². The standard InChI is InChI=1S/C42H52N8O7/c1-25(2)35(47-41(53)55-3)39(51)49-19-5-7-33(49)37-43-23-31(45-37)28-13-9-26(10-14-28)27-11-15-29(16-12-27)32-24-44-38(46-32)34-8-6-20-50(34)40(52)36(48-42(54)56-4)30-17-21-57-22-18-30/h9-16,23-25,30,33-36H,5-8,17-22H2,1-4H3,(H,43,45)(H,44,46)(H,47,53)(H,48,54)/t33?,34-,35-,36-/m0/s1. The van der Waals surface area contributed by atoms with Crippen molar-refractivity contribution in [2.45, 2.75) is 76.5 Å². The lowest BCUT2D eigenvalue weighted by Crippen LogP contribution is -2.53. The molecule has 57 heavy (non-hydrogen) atoms. The Morgan fingerprint density at radius 1 is 0.684 bits per heavy atom. The first-order valence-corrected chi connectivity index (χ1v) is 19.8. The average molecular weight is 781 g/mol. The highest BCUT2D eigenvalue weighted by molar-refractivity contribution is 5.87. The van der Waals surface area contributed by atoms with Crippen LogP contribution in [-0.4, -0.2) is 106 Å². The Morgan fingerprint density at radius 3 is 1.61 bits per heavy atom. The smallest absolute Gasteiger partial charge is 0.407 e. The van der Waals surface area contributed by atoms with E-state index in [-0.39, 0.29) is 35.7 Å². The Morgan fingerprint density at radius 2 is 1.14 bits per heavy atom. The van der Waals surface area contributed by atoms with Crippen LogP contribution < -0.4 is 10.6 Å². The molecule has 3 fully saturated rings. The lowest BCUT2D eigenvalue weighted by Gasteiger charge is -2.34. The summed E-state index contributed by atoms with van der Waals surface area (Å²) < 4.78 is 15.1. The molecule has 4 aromatic rings. The van der Waals surface area contributed by atoms with Gasteiger partial charge in [0.1, 0.15) is 23.7 Å². The lowest BCUT2D eigenvalue weighted by atomic mass is 9.90. The highest BCUT2D eigenvalue weighted by Gasteiger charge is 2.40. The number of aromatic nitrogens is 4. The topological polar surface area (TPSA) is 184 Å². The average Bonchev–Trinajstić information content (AvgIpc) is 4.09. The van der Waals surface area contributed by atoms with Gasteiger partial charge >= 0.3 is 12.2 Å². The summed E-state index contributed by atoms with van der Waals surface area (Å²) in [7, 11) is 2.59. The molecule has 5 heterocycles. The highest BCUT2D eigenvalue weighted by atomic mass is 16.5. The number of amides is 4. The van der Waals surface area contributed by atoms with Crippen LogP contribution in [0.3, 0.4) is 0 Å². The van der Waals surface area contributed by atoms with E-state index in [1.54, 1.807) is 11.1 Å². The van der Waals surface area contributed by atoms with E-state index in [0.717, 1.165) is 71.0 Å². The van der Waals surface area contributed by atoms with Gasteiger partial charge in [0.2, 0.25) is 11.8 Å². The van der Waals surface area contributed by atoms with E-state index in [1.165, 1.54) is 14.2 Å². The maximum absolute atomic E-state index is 13.9. The van der Waals surface area contributed by atoms with Gasteiger partial charge in [0.15, 0.2) is 0 Å². The second-order valence-electron chi connectivity index (χ2n) is 15.3. The summed E-state index contributed by atoms with van der Waals surface area (Å²) in [6.45, 7) is 6.10. The van der Waals surface area contributed by atoms with Gasteiger partial charge in [-0.25, -0.2) is 19.6 Å². The molecular formula is C42H52N8O7. The number of methoxy groups -OCH3 is 2. The molecule has 3 aliphatic rings. The molecule has 0 bridgehead atoms. The van der Waals surface area contributed by atoms with E-state index in [0.29, 0.717) is 39.1 Å². The molecular weight excluding hydrogens is 729 g/mol. The van der Waals surface area contributed by atoms with E-state index >= 15 is 0 Å². The van der Waals surface area contributed by atoms with Crippen LogP contribution in [0.5, 0.6) is 0 Å².